The van der Waals surface area contributed by atoms with Crippen molar-refractivity contribution in [1.82, 2.24) is 5.32 Å². The zero-order chi connectivity index (χ0) is 9.94. The molecule has 0 heterocycles. The quantitative estimate of drug-likeness (QED) is 0.408. The highest BCUT2D eigenvalue weighted by Crippen LogP contribution is 1.98. The van der Waals surface area contributed by atoms with Gasteiger partial charge in [-0.05, 0) is 25.0 Å². The summed E-state index contributed by atoms with van der Waals surface area (Å²) in [6, 6.07) is 0. The molecule has 0 fully saturated rings. The normalized spacial score (nSPS) is 10.0. The average Bonchev–Trinajstić information content (AvgIpc) is 2.13. The van der Waals surface area contributed by atoms with Gasteiger partial charge in [0.1, 0.15) is 0 Å². The van der Waals surface area contributed by atoms with Crippen LogP contribution in [0.25, 0.3) is 0 Å². The lowest BCUT2D eigenvalue weighted by atomic mass is 10.2. The minimum Gasteiger partial charge on any atom is -0.396 e. The molecule has 0 saturated carbocycles. The predicted octanol–water partition coefficient (Wildman–Crippen LogP) is 0.975. The van der Waals surface area contributed by atoms with Crippen LogP contribution in [0.5, 0.6) is 0 Å². The number of carbonyl (C=O) groups excluding carboxylic acids is 1. The molecule has 0 rings (SSSR count). The second kappa shape index (κ2) is 9.86. The summed E-state index contributed by atoms with van der Waals surface area (Å²) in [5, 5.41) is 11.3. The smallest absolute Gasteiger partial charge is 0.219 e. The van der Waals surface area contributed by atoms with Crippen molar-refractivity contribution in [3.05, 3.63) is 0 Å². The van der Waals surface area contributed by atoms with Crippen LogP contribution in [0.2, 0.25) is 0 Å². The van der Waals surface area contributed by atoms with E-state index in [0.717, 1.165) is 38.0 Å². The molecule has 0 saturated heterocycles. The number of carbonyl (C=O) groups is 1. The molecule has 0 aliphatic rings. The molecule has 0 unspecified atom stereocenters. The molecule has 78 valence electrons. The molecule has 0 aliphatic carbocycles. The summed E-state index contributed by atoms with van der Waals surface area (Å²) in [5.74, 6) is 0.921. The molecule has 0 atom stereocenters. The number of aliphatic hydroxyl groups is 1. The van der Waals surface area contributed by atoms with Gasteiger partial charge in [0.2, 0.25) is 5.91 Å². The lowest BCUT2D eigenvalue weighted by Gasteiger charge is -2.03. The molecule has 2 N–H and O–H groups in total. The molecule has 0 spiro atoms. The Morgan fingerprint density at radius 1 is 1.23 bits per heavy atom. The van der Waals surface area contributed by atoms with Gasteiger partial charge in [-0.2, -0.15) is 12.6 Å². The van der Waals surface area contributed by atoms with Gasteiger partial charge in [-0.3, -0.25) is 4.79 Å². The number of aliphatic hydroxyl groups excluding tert-OH is 1. The summed E-state index contributed by atoms with van der Waals surface area (Å²) in [7, 11) is 0. The molecule has 0 radical (unpaired) electrons. The van der Waals surface area contributed by atoms with E-state index in [4.69, 9.17) is 5.11 Å². The Balaban J connectivity index is 3.11. The largest absolute Gasteiger partial charge is 0.396 e. The van der Waals surface area contributed by atoms with Crippen LogP contribution in [0.4, 0.5) is 0 Å². The summed E-state index contributed by atoms with van der Waals surface area (Å²) < 4.78 is 0. The summed E-state index contributed by atoms with van der Waals surface area (Å²) >= 11 is 4.04. The standard InChI is InChI=1S/C9H19NO2S/c11-7-3-1-2-5-9(12)10-6-4-8-13/h11,13H,1-8H2,(H,10,12). The maximum Gasteiger partial charge on any atom is 0.219 e. The number of amides is 1. The van der Waals surface area contributed by atoms with Crippen LogP contribution in [0, 0.1) is 0 Å². The summed E-state index contributed by atoms with van der Waals surface area (Å²) in [4.78, 5) is 11.1. The topological polar surface area (TPSA) is 49.3 Å². The molecule has 0 aromatic carbocycles. The van der Waals surface area contributed by atoms with Crippen molar-refractivity contribution in [2.75, 3.05) is 18.9 Å². The summed E-state index contributed by atoms with van der Waals surface area (Å²) in [6.07, 6.45) is 4.09. The Bertz CT molecular complexity index is 131. The van der Waals surface area contributed by atoms with Gasteiger partial charge in [0.15, 0.2) is 0 Å². The molecular formula is C9H19NO2S. The number of hydrogen-bond donors (Lipinski definition) is 3. The lowest BCUT2D eigenvalue weighted by molar-refractivity contribution is -0.121. The van der Waals surface area contributed by atoms with E-state index in [0.29, 0.717) is 6.42 Å². The molecular weight excluding hydrogens is 186 g/mol. The van der Waals surface area contributed by atoms with E-state index in [1.165, 1.54) is 0 Å². The van der Waals surface area contributed by atoms with Crippen molar-refractivity contribution < 1.29 is 9.90 Å². The predicted molar refractivity (Wildman–Crippen MR) is 57.0 cm³/mol. The molecule has 3 nitrogen and oxygen atoms in total. The van der Waals surface area contributed by atoms with E-state index >= 15 is 0 Å². The first kappa shape index (κ1) is 12.8. The van der Waals surface area contributed by atoms with Crippen LogP contribution in [0.15, 0.2) is 0 Å². The van der Waals surface area contributed by atoms with Crippen molar-refractivity contribution in [2.45, 2.75) is 32.1 Å². The Labute approximate surface area is 85.3 Å². The first-order chi connectivity index (χ1) is 6.31. The van der Waals surface area contributed by atoms with Crippen LogP contribution >= 0.6 is 12.6 Å². The number of rotatable bonds is 8. The highest BCUT2D eigenvalue weighted by atomic mass is 32.1. The zero-order valence-electron chi connectivity index (χ0n) is 7.96. The van der Waals surface area contributed by atoms with Gasteiger partial charge in [-0.1, -0.05) is 6.42 Å². The van der Waals surface area contributed by atoms with Crippen molar-refractivity contribution in [2.24, 2.45) is 0 Å². The monoisotopic (exact) mass is 205 g/mol. The van der Waals surface area contributed by atoms with Gasteiger partial charge in [-0.25, -0.2) is 0 Å². The molecule has 0 aliphatic heterocycles. The fourth-order valence-electron chi connectivity index (χ4n) is 0.969. The summed E-state index contributed by atoms with van der Waals surface area (Å²) in [5.41, 5.74) is 0. The first-order valence-corrected chi connectivity index (χ1v) is 5.43. The van der Waals surface area contributed by atoms with E-state index in [9.17, 15) is 4.79 Å². The van der Waals surface area contributed by atoms with Gasteiger partial charge < -0.3 is 10.4 Å². The van der Waals surface area contributed by atoms with E-state index in [1.807, 2.05) is 0 Å². The van der Waals surface area contributed by atoms with Crippen molar-refractivity contribution in [3.8, 4) is 0 Å². The number of thiol groups is 1. The highest BCUT2D eigenvalue weighted by Gasteiger charge is 1.98. The van der Waals surface area contributed by atoms with E-state index in [1.54, 1.807) is 0 Å². The molecule has 0 aromatic rings. The Morgan fingerprint density at radius 3 is 2.62 bits per heavy atom. The number of hydrogen-bond acceptors (Lipinski definition) is 3. The maximum absolute atomic E-state index is 11.1. The van der Waals surface area contributed by atoms with Crippen LogP contribution < -0.4 is 5.32 Å². The molecule has 0 aromatic heterocycles. The van der Waals surface area contributed by atoms with Gasteiger partial charge in [0, 0.05) is 19.6 Å². The van der Waals surface area contributed by atoms with E-state index in [-0.39, 0.29) is 12.5 Å². The highest BCUT2D eigenvalue weighted by molar-refractivity contribution is 7.80. The molecule has 0 bridgehead atoms. The SMILES string of the molecule is O=C(CCCCCO)NCCCS. The maximum atomic E-state index is 11.1. The third-order valence-corrected chi connectivity index (χ3v) is 2.04. The van der Waals surface area contributed by atoms with Crippen molar-refractivity contribution in [3.63, 3.8) is 0 Å². The fraction of sp³-hybridized carbons (Fsp3) is 0.889. The van der Waals surface area contributed by atoms with Gasteiger partial charge in [-0.15, -0.1) is 0 Å². The van der Waals surface area contributed by atoms with Crippen molar-refractivity contribution >= 4 is 18.5 Å². The third-order valence-electron chi connectivity index (χ3n) is 1.72. The van der Waals surface area contributed by atoms with Crippen LogP contribution in [0.3, 0.4) is 0 Å². The Hall–Kier alpha value is -0.220. The van der Waals surface area contributed by atoms with Crippen molar-refractivity contribution in [1.29, 1.82) is 0 Å². The van der Waals surface area contributed by atoms with Crippen LogP contribution in [0.1, 0.15) is 32.1 Å². The Kier molecular flexibility index (Phi) is 9.70. The second-order valence-electron chi connectivity index (χ2n) is 2.96. The van der Waals surface area contributed by atoms with Gasteiger partial charge in [0.05, 0.1) is 0 Å². The molecule has 1 amide bonds. The lowest BCUT2D eigenvalue weighted by Crippen LogP contribution is -2.24. The molecule has 4 heteroatoms. The van der Waals surface area contributed by atoms with Gasteiger partial charge in [0.25, 0.3) is 0 Å². The average molecular weight is 205 g/mol. The minimum atomic E-state index is 0.111. The first-order valence-electron chi connectivity index (χ1n) is 4.79. The number of unbranched alkanes of at least 4 members (excludes halogenated alkanes) is 2. The van der Waals surface area contributed by atoms with Gasteiger partial charge >= 0.3 is 0 Å². The van der Waals surface area contributed by atoms with E-state index < -0.39 is 0 Å². The third kappa shape index (κ3) is 9.70. The Morgan fingerprint density at radius 2 is 2.00 bits per heavy atom. The fourth-order valence-corrected chi connectivity index (χ4v) is 1.13. The summed E-state index contributed by atoms with van der Waals surface area (Å²) in [6.45, 7) is 0.948. The zero-order valence-corrected chi connectivity index (χ0v) is 8.85. The van der Waals surface area contributed by atoms with E-state index in [2.05, 4.69) is 17.9 Å². The van der Waals surface area contributed by atoms with Crippen LogP contribution in [-0.4, -0.2) is 29.9 Å². The second-order valence-corrected chi connectivity index (χ2v) is 3.41. The number of nitrogens with one attached hydrogen (secondary N) is 1. The molecule has 13 heavy (non-hydrogen) atoms. The van der Waals surface area contributed by atoms with Crippen LogP contribution in [-0.2, 0) is 4.79 Å². The minimum absolute atomic E-state index is 0.111.